The van der Waals surface area contributed by atoms with Crippen molar-refractivity contribution in [3.63, 3.8) is 0 Å². The topological polar surface area (TPSA) is 55.8 Å². The quantitative estimate of drug-likeness (QED) is 0.691. The first kappa shape index (κ1) is 19.0. The van der Waals surface area contributed by atoms with Crippen molar-refractivity contribution in [2.24, 2.45) is 0 Å². The van der Waals surface area contributed by atoms with E-state index in [-0.39, 0.29) is 30.9 Å². The Labute approximate surface area is 138 Å². The number of rotatable bonds is 8. The van der Waals surface area contributed by atoms with Crippen molar-refractivity contribution in [1.29, 1.82) is 0 Å². The van der Waals surface area contributed by atoms with Crippen molar-refractivity contribution in [3.8, 4) is 5.75 Å². The molecule has 0 aliphatic carbocycles. The highest BCUT2D eigenvalue weighted by Gasteiger charge is 2.19. The number of benzene rings is 1. The SMILES string of the molecule is CCOC(=O)CCN(C(=O)COc1cc(C)ccc1C)C(C)C. The maximum absolute atomic E-state index is 12.4. The number of ether oxygens (including phenoxy) is 2. The molecule has 0 spiro atoms. The van der Waals surface area contributed by atoms with Gasteiger partial charge >= 0.3 is 5.97 Å². The molecule has 0 aromatic heterocycles. The molecule has 5 nitrogen and oxygen atoms in total. The lowest BCUT2D eigenvalue weighted by molar-refractivity contribution is -0.144. The van der Waals surface area contributed by atoms with E-state index in [1.165, 1.54) is 0 Å². The minimum Gasteiger partial charge on any atom is -0.483 e. The number of hydrogen-bond acceptors (Lipinski definition) is 4. The van der Waals surface area contributed by atoms with Crippen LogP contribution in [0.2, 0.25) is 0 Å². The first-order valence-corrected chi connectivity index (χ1v) is 8.00. The monoisotopic (exact) mass is 321 g/mol. The number of nitrogens with zero attached hydrogens (tertiary/aromatic N) is 1. The van der Waals surface area contributed by atoms with Gasteiger partial charge < -0.3 is 14.4 Å². The number of esters is 1. The van der Waals surface area contributed by atoms with E-state index >= 15 is 0 Å². The highest BCUT2D eigenvalue weighted by molar-refractivity contribution is 5.79. The first-order valence-electron chi connectivity index (χ1n) is 8.00. The van der Waals surface area contributed by atoms with Gasteiger partial charge in [0, 0.05) is 12.6 Å². The second kappa shape index (κ2) is 9.18. The summed E-state index contributed by atoms with van der Waals surface area (Å²) in [7, 11) is 0. The zero-order chi connectivity index (χ0) is 17.4. The van der Waals surface area contributed by atoms with E-state index in [0.717, 1.165) is 11.1 Å². The van der Waals surface area contributed by atoms with Crippen LogP contribution in [0.5, 0.6) is 5.75 Å². The first-order chi connectivity index (χ1) is 10.8. The smallest absolute Gasteiger partial charge is 0.307 e. The van der Waals surface area contributed by atoms with Crippen LogP contribution in [0.15, 0.2) is 18.2 Å². The Morgan fingerprint density at radius 2 is 1.91 bits per heavy atom. The van der Waals surface area contributed by atoms with Crippen LogP contribution in [-0.2, 0) is 14.3 Å². The summed E-state index contributed by atoms with van der Waals surface area (Å²) in [6.45, 7) is 10.2. The zero-order valence-electron chi connectivity index (χ0n) is 14.7. The molecule has 1 rings (SSSR count). The molecule has 0 aliphatic rings. The molecule has 0 radical (unpaired) electrons. The van der Waals surface area contributed by atoms with Gasteiger partial charge in [-0.2, -0.15) is 0 Å². The fourth-order valence-electron chi connectivity index (χ4n) is 2.20. The minimum absolute atomic E-state index is 0.000803. The van der Waals surface area contributed by atoms with E-state index in [9.17, 15) is 9.59 Å². The van der Waals surface area contributed by atoms with E-state index in [1.807, 2.05) is 45.9 Å². The summed E-state index contributed by atoms with van der Waals surface area (Å²) in [6.07, 6.45) is 0.196. The Balaban J connectivity index is 2.60. The van der Waals surface area contributed by atoms with Crippen molar-refractivity contribution < 1.29 is 19.1 Å². The Morgan fingerprint density at radius 1 is 1.22 bits per heavy atom. The number of amides is 1. The minimum atomic E-state index is -0.290. The molecule has 0 saturated heterocycles. The predicted octanol–water partition coefficient (Wildman–Crippen LogP) is 2.87. The van der Waals surface area contributed by atoms with Crippen molar-refractivity contribution >= 4 is 11.9 Å². The third kappa shape index (κ3) is 6.30. The van der Waals surface area contributed by atoms with Crippen molar-refractivity contribution in [3.05, 3.63) is 29.3 Å². The number of carbonyl (C=O) groups excluding carboxylic acids is 2. The molecule has 23 heavy (non-hydrogen) atoms. The molecule has 0 heterocycles. The fraction of sp³-hybridized carbons (Fsp3) is 0.556. The van der Waals surface area contributed by atoms with Crippen LogP contribution in [0.4, 0.5) is 0 Å². The van der Waals surface area contributed by atoms with E-state index in [4.69, 9.17) is 9.47 Å². The lowest BCUT2D eigenvalue weighted by Gasteiger charge is -2.26. The molecule has 1 aromatic rings. The second-order valence-corrected chi connectivity index (χ2v) is 5.79. The molecule has 5 heteroatoms. The summed E-state index contributed by atoms with van der Waals surface area (Å²) < 4.78 is 10.6. The normalized spacial score (nSPS) is 10.5. The molecule has 0 bridgehead atoms. The molecule has 1 aromatic carbocycles. The van der Waals surface area contributed by atoms with Gasteiger partial charge in [-0.1, -0.05) is 12.1 Å². The summed E-state index contributed by atoms with van der Waals surface area (Å²) in [5, 5.41) is 0. The van der Waals surface area contributed by atoms with Crippen LogP contribution in [0.3, 0.4) is 0 Å². The van der Waals surface area contributed by atoms with Gasteiger partial charge in [-0.3, -0.25) is 9.59 Å². The predicted molar refractivity (Wildman–Crippen MR) is 89.5 cm³/mol. The molecule has 0 aliphatic heterocycles. The van der Waals surface area contributed by atoms with Gasteiger partial charge in [0.2, 0.25) is 0 Å². The van der Waals surface area contributed by atoms with Crippen LogP contribution in [0, 0.1) is 13.8 Å². The Hall–Kier alpha value is -2.04. The molecule has 128 valence electrons. The van der Waals surface area contributed by atoms with Gasteiger partial charge in [0.1, 0.15) is 5.75 Å². The van der Waals surface area contributed by atoms with Crippen LogP contribution >= 0.6 is 0 Å². The Bertz CT molecular complexity index is 540. The van der Waals surface area contributed by atoms with Crippen molar-refractivity contribution in [1.82, 2.24) is 4.90 Å². The molecule has 0 saturated carbocycles. The van der Waals surface area contributed by atoms with Gasteiger partial charge in [0.25, 0.3) is 5.91 Å². The van der Waals surface area contributed by atoms with E-state index in [2.05, 4.69) is 0 Å². The van der Waals surface area contributed by atoms with Gasteiger partial charge in [0.15, 0.2) is 6.61 Å². The average Bonchev–Trinajstić information content (AvgIpc) is 2.48. The van der Waals surface area contributed by atoms with Crippen LogP contribution in [-0.4, -0.2) is 42.6 Å². The lowest BCUT2D eigenvalue weighted by atomic mass is 10.1. The number of carbonyl (C=O) groups is 2. The maximum Gasteiger partial charge on any atom is 0.307 e. The third-order valence-electron chi connectivity index (χ3n) is 3.50. The highest BCUT2D eigenvalue weighted by Crippen LogP contribution is 2.19. The highest BCUT2D eigenvalue weighted by atomic mass is 16.5. The maximum atomic E-state index is 12.4. The van der Waals surface area contributed by atoms with Crippen LogP contribution in [0.25, 0.3) is 0 Å². The van der Waals surface area contributed by atoms with Gasteiger partial charge in [-0.25, -0.2) is 0 Å². The standard InChI is InChI=1S/C18H27NO4/c1-6-22-18(21)9-10-19(13(2)3)17(20)12-23-16-11-14(4)7-8-15(16)5/h7-8,11,13H,6,9-10,12H2,1-5H3. The summed E-state index contributed by atoms with van der Waals surface area (Å²) in [5.74, 6) is 0.291. The molecule has 1 amide bonds. The molecule has 0 fully saturated rings. The molecular formula is C18H27NO4. The van der Waals surface area contributed by atoms with E-state index in [1.54, 1.807) is 11.8 Å². The largest absolute Gasteiger partial charge is 0.483 e. The van der Waals surface area contributed by atoms with Crippen LogP contribution in [0.1, 0.15) is 38.3 Å². The molecule has 0 atom stereocenters. The second-order valence-electron chi connectivity index (χ2n) is 5.79. The average molecular weight is 321 g/mol. The van der Waals surface area contributed by atoms with Gasteiger partial charge in [-0.15, -0.1) is 0 Å². The summed E-state index contributed by atoms with van der Waals surface area (Å²) >= 11 is 0. The Kier molecular flexibility index (Phi) is 7.59. The van der Waals surface area contributed by atoms with E-state index in [0.29, 0.717) is 18.9 Å². The van der Waals surface area contributed by atoms with Crippen molar-refractivity contribution in [2.45, 2.75) is 47.1 Å². The van der Waals surface area contributed by atoms with Gasteiger partial charge in [0.05, 0.1) is 13.0 Å². The molecule has 0 unspecified atom stereocenters. The summed E-state index contributed by atoms with van der Waals surface area (Å²) in [4.78, 5) is 25.5. The van der Waals surface area contributed by atoms with Crippen molar-refractivity contribution in [2.75, 3.05) is 19.8 Å². The zero-order valence-corrected chi connectivity index (χ0v) is 14.7. The number of aryl methyl sites for hydroxylation is 2. The van der Waals surface area contributed by atoms with Crippen LogP contribution < -0.4 is 4.74 Å². The van der Waals surface area contributed by atoms with E-state index < -0.39 is 0 Å². The van der Waals surface area contributed by atoms with Gasteiger partial charge in [-0.05, 0) is 51.8 Å². The Morgan fingerprint density at radius 3 is 2.52 bits per heavy atom. The lowest BCUT2D eigenvalue weighted by Crippen LogP contribution is -2.41. The summed E-state index contributed by atoms with van der Waals surface area (Å²) in [6, 6.07) is 5.89. The molecule has 0 N–H and O–H groups in total. The number of hydrogen-bond donors (Lipinski definition) is 0. The third-order valence-corrected chi connectivity index (χ3v) is 3.50. The summed E-state index contributed by atoms with van der Waals surface area (Å²) in [5.41, 5.74) is 2.08. The molecular weight excluding hydrogens is 294 g/mol. The fourth-order valence-corrected chi connectivity index (χ4v) is 2.20.